The van der Waals surface area contributed by atoms with Crippen LogP contribution in [0.15, 0.2) is 6.08 Å². The molecule has 2 heteroatoms. The zero-order valence-electron chi connectivity index (χ0n) is 3.49. The van der Waals surface area contributed by atoms with Gasteiger partial charge >= 0.3 is 0 Å². The van der Waals surface area contributed by atoms with Gasteiger partial charge in [0.1, 0.15) is 0 Å². The molecular weight excluding hydrogens is 78.0 g/mol. The van der Waals surface area contributed by atoms with E-state index >= 15 is 0 Å². The summed E-state index contributed by atoms with van der Waals surface area (Å²) >= 11 is 0. The molecule has 0 aromatic carbocycles. The molecule has 0 rings (SSSR count). The third-order valence-corrected chi connectivity index (χ3v) is 0.275. The summed E-state index contributed by atoms with van der Waals surface area (Å²) in [6, 6.07) is 0. The second-order valence-corrected chi connectivity index (χ2v) is 0.899. The molecule has 0 heterocycles. The van der Waals surface area contributed by atoms with Crippen molar-refractivity contribution in [1.29, 1.82) is 5.41 Å². The summed E-state index contributed by atoms with van der Waals surface area (Å²) in [7, 11) is 0. The highest BCUT2D eigenvalue weighted by molar-refractivity contribution is 5.94. The second-order valence-electron chi connectivity index (χ2n) is 0.899. The van der Waals surface area contributed by atoms with E-state index in [-0.39, 0.29) is 5.78 Å². The van der Waals surface area contributed by atoms with Crippen molar-refractivity contribution in [2.45, 2.75) is 6.92 Å². The zero-order valence-corrected chi connectivity index (χ0v) is 3.49. The average Bonchev–Trinajstić information content (AvgIpc) is 1.35. The molecule has 0 aliphatic carbocycles. The van der Waals surface area contributed by atoms with Gasteiger partial charge in [-0.1, -0.05) is 0 Å². The molecule has 0 aliphatic heterocycles. The van der Waals surface area contributed by atoms with Gasteiger partial charge in [0.25, 0.3) is 0 Å². The molecule has 0 amide bonds. The van der Waals surface area contributed by atoms with Crippen molar-refractivity contribution in [1.82, 2.24) is 0 Å². The summed E-state index contributed by atoms with van der Waals surface area (Å²) < 4.78 is 0. The van der Waals surface area contributed by atoms with Crippen molar-refractivity contribution in [3.05, 3.63) is 6.08 Å². The molecule has 0 bridgehead atoms. The normalized spacial score (nSPS) is 6.17. The van der Waals surface area contributed by atoms with Crippen molar-refractivity contribution in [2.75, 3.05) is 0 Å². The predicted octanol–water partition coefficient (Wildman–Crippen LogP) is 0.380. The number of ketones is 1. The minimum absolute atomic E-state index is 0.134. The van der Waals surface area contributed by atoms with Gasteiger partial charge in [-0.15, -0.1) is 0 Å². The second kappa shape index (κ2) is 2.36. The van der Waals surface area contributed by atoms with E-state index in [2.05, 4.69) is 0 Å². The van der Waals surface area contributed by atoms with Crippen LogP contribution in [0.4, 0.5) is 0 Å². The Morgan fingerprint density at radius 3 is 2.50 bits per heavy atom. The lowest BCUT2D eigenvalue weighted by atomic mass is 10.5. The molecule has 0 radical (unpaired) electrons. The van der Waals surface area contributed by atoms with E-state index in [4.69, 9.17) is 5.41 Å². The average molecular weight is 83.1 g/mol. The van der Waals surface area contributed by atoms with E-state index in [9.17, 15) is 4.79 Å². The van der Waals surface area contributed by atoms with Gasteiger partial charge in [0.05, 0.1) is 0 Å². The number of hydrogen-bond acceptors (Lipinski definition) is 2. The Balaban J connectivity index is 3.60. The van der Waals surface area contributed by atoms with E-state index < -0.39 is 0 Å². The summed E-state index contributed by atoms with van der Waals surface area (Å²) in [5, 5.41) is 6.21. The summed E-state index contributed by atoms with van der Waals surface area (Å²) in [6.45, 7) is 1.38. The number of allylic oxidation sites excluding steroid dienone is 1. The number of nitrogens with one attached hydrogen (secondary N) is 1. The van der Waals surface area contributed by atoms with Crippen LogP contribution in [0.5, 0.6) is 0 Å². The SMILES string of the molecule is CC(=O)C=C=N. The molecule has 32 valence electrons. The van der Waals surface area contributed by atoms with Crippen molar-refractivity contribution in [3.8, 4) is 0 Å². The van der Waals surface area contributed by atoms with E-state index in [0.29, 0.717) is 0 Å². The summed E-state index contributed by atoms with van der Waals surface area (Å²) in [5.74, 6) is 1.71. The van der Waals surface area contributed by atoms with Gasteiger partial charge in [-0.25, -0.2) is 0 Å². The first-order valence-corrected chi connectivity index (χ1v) is 1.53. The smallest absolute Gasteiger partial charge is 0.161 e. The molecule has 0 unspecified atom stereocenters. The summed E-state index contributed by atoms with van der Waals surface area (Å²) in [5.41, 5.74) is 0. The molecule has 0 spiro atoms. The first-order valence-electron chi connectivity index (χ1n) is 1.53. The Kier molecular flexibility index (Phi) is 2.02. The first-order chi connectivity index (χ1) is 2.77. The third kappa shape index (κ3) is 3.12. The predicted molar refractivity (Wildman–Crippen MR) is 23.0 cm³/mol. The molecule has 1 N–H and O–H groups in total. The van der Waals surface area contributed by atoms with Gasteiger partial charge in [-0.05, 0) is 12.8 Å². The van der Waals surface area contributed by atoms with E-state index in [0.717, 1.165) is 6.08 Å². The van der Waals surface area contributed by atoms with E-state index in [1.54, 1.807) is 0 Å². The molecule has 0 aliphatic rings. The van der Waals surface area contributed by atoms with Crippen LogP contribution in [0.1, 0.15) is 6.92 Å². The Morgan fingerprint density at radius 2 is 2.50 bits per heavy atom. The van der Waals surface area contributed by atoms with Gasteiger partial charge < -0.3 is 0 Å². The summed E-state index contributed by atoms with van der Waals surface area (Å²) in [6.07, 6.45) is 1.07. The molecule has 0 saturated heterocycles. The maximum Gasteiger partial charge on any atom is 0.161 e. The largest absolute Gasteiger partial charge is 0.294 e. The number of carbonyl (C=O) groups excluding carboxylic acids is 1. The fourth-order valence-electron chi connectivity index (χ4n) is 0.102. The summed E-state index contributed by atoms with van der Waals surface area (Å²) in [4.78, 5) is 9.81. The molecule has 6 heavy (non-hydrogen) atoms. The molecule has 0 fully saturated rings. The molecule has 2 nitrogen and oxygen atoms in total. The Morgan fingerprint density at radius 1 is 2.00 bits per heavy atom. The Bertz CT molecular complexity index is 100. The standard InChI is InChI=1S/C4H5NO/c1-4(6)2-3-5/h2,5H,1H3. The molecule has 0 aromatic heterocycles. The highest BCUT2D eigenvalue weighted by atomic mass is 16.1. The highest BCUT2D eigenvalue weighted by Gasteiger charge is 1.73. The van der Waals surface area contributed by atoms with Crippen molar-refractivity contribution in [2.24, 2.45) is 0 Å². The third-order valence-electron chi connectivity index (χ3n) is 0.275. The quantitative estimate of drug-likeness (QED) is 0.361. The number of rotatable bonds is 1. The number of carbonyl (C=O) groups is 1. The van der Waals surface area contributed by atoms with Gasteiger partial charge in [0, 0.05) is 6.08 Å². The molecular formula is C4H5NO. The van der Waals surface area contributed by atoms with Crippen LogP contribution in [0.25, 0.3) is 0 Å². The van der Waals surface area contributed by atoms with Gasteiger partial charge in [0.15, 0.2) is 5.78 Å². The van der Waals surface area contributed by atoms with E-state index in [1.165, 1.54) is 6.92 Å². The first kappa shape index (κ1) is 5.12. The van der Waals surface area contributed by atoms with Crippen LogP contribution in [-0.4, -0.2) is 11.7 Å². The van der Waals surface area contributed by atoms with Crippen LogP contribution in [0, 0.1) is 5.41 Å². The lowest BCUT2D eigenvalue weighted by Gasteiger charge is -1.62. The lowest BCUT2D eigenvalue weighted by Crippen LogP contribution is -1.77. The maximum atomic E-state index is 9.81. The minimum Gasteiger partial charge on any atom is -0.294 e. The lowest BCUT2D eigenvalue weighted by molar-refractivity contribution is -0.112. The van der Waals surface area contributed by atoms with E-state index in [1.807, 2.05) is 5.87 Å². The van der Waals surface area contributed by atoms with Crippen molar-refractivity contribution >= 4 is 11.7 Å². The highest BCUT2D eigenvalue weighted by Crippen LogP contribution is 1.60. The monoisotopic (exact) mass is 83.0 g/mol. The Labute approximate surface area is 36.0 Å². The van der Waals surface area contributed by atoms with Crippen LogP contribution < -0.4 is 0 Å². The minimum atomic E-state index is -0.134. The Hall–Kier alpha value is -0.880. The number of hydrogen-bond donors (Lipinski definition) is 1. The van der Waals surface area contributed by atoms with Crippen molar-refractivity contribution in [3.63, 3.8) is 0 Å². The van der Waals surface area contributed by atoms with Gasteiger partial charge in [-0.2, -0.15) is 0 Å². The molecule has 0 aromatic rings. The zero-order chi connectivity index (χ0) is 4.99. The van der Waals surface area contributed by atoms with Gasteiger partial charge in [0.2, 0.25) is 0 Å². The maximum absolute atomic E-state index is 9.81. The van der Waals surface area contributed by atoms with Crippen LogP contribution in [0.3, 0.4) is 0 Å². The van der Waals surface area contributed by atoms with Crippen LogP contribution >= 0.6 is 0 Å². The fraction of sp³-hybridized carbons (Fsp3) is 0.250. The van der Waals surface area contributed by atoms with Crippen LogP contribution in [-0.2, 0) is 4.79 Å². The van der Waals surface area contributed by atoms with Gasteiger partial charge in [-0.3, -0.25) is 10.2 Å². The molecule has 0 saturated carbocycles. The molecule has 0 atom stereocenters. The topological polar surface area (TPSA) is 40.9 Å². The fourth-order valence-corrected chi connectivity index (χ4v) is 0.102. The van der Waals surface area contributed by atoms with Crippen molar-refractivity contribution < 1.29 is 4.79 Å². The van der Waals surface area contributed by atoms with Crippen LogP contribution in [0.2, 0.25) is 0 Å².